The molecule has 2 aromatic carbocycles. The van der Waals surface area contributed by atoms with Crippen LogP contribution >= 0.6 is 0 Å². The molecule has 0 saturated heterocycles. The summed E-state index contributed by atoms with van der Waals surface area (Å²) in [6.07, 6.45) is -0.799. The molecular weight excluding hydrogens is 334 g/mol. The van der Waals surface area contributed by atoms with E-state index >= 15 is 0 Å². The van der Waals surface area contributed by atoms with Crippen LogP contribution in [0, 0.1) is 0 Å². The number of ether oxygens (including phenoxy) is 3. The van der Waals surface area contributed by atoms with Gasteiger partial charge in [0.2, 0.25) is 5.75 Å². The predicted octanol–water partition coefficient (Wildman–Crippen LogP) is 2.91. The Morgan fingerprint density at radius 2 is 1.54 bits per heavy atom. The zero-order valence-electron chi connectivity index (χ0n) is 15.7. The van der Waals surface area contributed by atoms with E-state index in [1.807, 2.05) is 30.3 Å². The summed E-state index contributed by atoms with van der Waals surface area (Å²) in [6.45, 7) is 1.80. The summed E-state index contributed by atoms with van der Waals surface area (Å²) in [6, 6.07) is 12.0. The molecule has 2 atom stereocenters. The minimum Gasteiger partial charge on any atom is -0.493 e. The maximum atomic E-state index is 12.9. The number of carbonyl (C=O) groups excluding carboxylic acids is 1. The molecule has 2 unspecified atom stereocenters. The fraction of sp³-hybridized carbons (Fsp3) is 0.350. The number of nitrogens with zero attached hydrogens (tertiary/aromatic N) is 1. The highest BCUT2D eigenvalue weighted by atomic mass is 16.5. The summed E-state index contributed by atoms with van der Waals surface area (Å²) in [5.74, 6) is 0.970. The third-order valence-electron chi connectivity index (χ3n) is 4.44. The second-order valence-corrected chi connectivity index (χ2v) is 5.93. The maximum Gasteiger partial charge on any atom is 0.254 e. The summed E-state index contributed by atoms with van der Waals surface area (Å²) < 4.78 is 15.9. The number of methoxy groups -OCH3 is 3. The maximum absolute atomic E-state index is 12.9. The van der Waals surface area contributed by atoms with Gasteiger partial charge in [-0.15, -0.1) is 0 Å². The molecule has 26 heavy (non-hydrogen) atoms. The van der Waals surface area contributed by atoms with E-state index in [4.69, 9.17) is 14.2 Å². The molecule has 1 N–H and O–H groups in total. The first-order valence-electron chi connectivity index (χ1n) is 8.24. The van der Waals surface area contributed by atoms with Crippen molar-refractivity contribution < 1.29 is 24.1 Å². The molecule has 0 aliphatic rings. The van der Waals surface area contributed by atoms with Crippen LogP contribution in [0.4, 0.5) is 0 Å². The second-order valence-electron chi connectivity index (χ2n) is 5.93. The molecule has 0 aliphatic carbocycles. The Morgan fingerprint density at radius 3 is 2.00 bits per heavy atom. The molecule has 0 saturated carbocycles. The standard InChI is InChI=1S/C20H25NO5/c1-13(18(22)14-9-7-6-8-10-14)21(2)20(23)15-11-16(24-3)19(26-5)17(12-15)25-4/h6-13,18,22H,1-5H3. The molecule has 6 heteroatoms. The van der Waals surface area contributed by atoms with E-state index in [9.17, 15) is 9.90 Å². The number of benzene rings is 2. The Kier molecular flexibility index (Phi) is 6.46. The topological polar surface area (TPSA) is 68.2 Å². The van der Waals surface area contributed by atoms with Crippen LogP contribution in [-0.4, -0.2) is 50.3 Å². The number of amides is 1. The Labute approximate surface area is 153 Å². The van der Waals surface area contributed by atoms with Crippen LogP contribution in [0.1, 0.15) is 28.9 Å². The average Bonchev–Trinajstić information content (AvgIpc) is 2.70. The number of likely N-dealkylation sites (N-methyl/N-ethyl adjacent to an activating group) is 1. The van der Waals surface area contributed by atoms with Gasteiger partial charge in [0.25, 0.3) is 5.91 Å². The molecule has 0 bridgehead atoms. The van der Waals surface area contributed by atoms with Gasteiger partial charge >= 0.3 is 0 Å². The lowest BCUT2D eigenvalue weighted by molar-refractivity contribution is 0.0486. The Morgan fingerprint density at radius 1 is 1.00 bits per heavy atom. The predicted molar refractivity (Wildman–Crippen MR) is 99.1 cm³/mol. The molecule has 0 radical (unpaired) electrons. The van der Waals surface area contributed by atoms with Gasteiger partial charge in [0.1, 0.15) is 0 Å². The molecular formula is C20H25NO5. The van der Waals surface area contributed by atoms with Crippen molar-refractivity contribution >= 4 is 5.91 Å². The first kappa shape index (κ1) is 19.6. The van der Waals surface area contributed by atoms with Crippen LogP contribution in [0.3, 0.4) is 0 Å². The lowest BCUT2D eigenvalue weighted by Gasteiger charge is -2.29. The minimum absolute atomic E-state index is 0.258. The molecule has 0 heterocycles. The lowest BCUT2D eigenvalue weighted by Crippen LogP contribution is -2.39. The van der Waals surface area contributed by atoms with Gasteiger partial charge in [0.05, 0.1) is 33.5 Å². The summed E-state index contributed by atoms with van der Waals surface area (Å²) in [7, 11) is 6.16. The zero-order chi connectivity index (χ0) is 19.3. The van der Waals surface area contributed by atoms with E-state index in [1.165, 1.54) is 26.2 Å². The molecule has 1 amide bonds. The third-order valence-corrected chi connectivity index (χ3v) is 4.44. The van der Waals surface area contributed by atoms with Gasteiger partial charge in [-0.3, -0.25) is 4.79 Å². The van der Waals surface area contributed by atoms with E-state index < -0.39 is 12.1 Å². The van der Waals surface area contributed by atoms with Gasteiger partial charge in [-0.05, 0) is 24.6 Å². The molecule has 0 spiro atoms. The number of hydrogen-bond acceptors (Lipinski definition) is 5. The van der Waals surface area contributed by atoms with E-state index in [0.717, 1.165) is 5.56 Å². The fourth-order valence-electron chi connectivity index (χ4n) is 2.73. The van der Waals surface area contributed by atoms with Crippen LogP contribution in [0.25, 0.3) is 0 Å². The first-order valence-corrected chi connectivity index (χ1v) is 8.24. The highest BCUT2D eigenvalue weighted by Gasteiger charge is 2.26. The van der Waals surface area contributed by atoms with E-state index in [0.29, 0.717) is 22.8 Å². The van der Waals surface area contributed by atoms with Crippen molar-refractivity contribution in [2.45, 2.75) is 19.1 Å². The van der Waals surface area contributed by atoms with Crippen LogP contribution in [0.15, 0.2) is 42.5 Å². The second kappa shape index (κ2) is 8.58. The normalized spacial score (nSPS) is 12.8. The highest BCUT2D eigenvalue weighted by Crippen LogP contribution is 2.38. The van der Waals surface area contributed by atoms with Crippen molar-refractivity contribution in [3.05, 3.63) is 53.6 Å². The largest absolute Gasteiger partial charge is 0.493 e. The summed E-state index contributed by atoms with van der Waals surface area (Å²) >= 11 is 0. The van der Waals surface area contributed by atoms with Gasteiger partial charge < -0.3 is 24.2 Å². The minimum atomic E-state index is -0.799. The Bertz CT molecular complexity index is 722. The fourth-order valence-corrected chi connectivity index (χ4v) is 2.73. The molecule has 0 fully saturated rings. The number of rotatable bonds is 7. The van der Waals surface area contributed by atoms with Crippen LogP contribution < -0.4 is 14.2 Å². The van der Waals surface area contributed by atoms with Gasteiger partial charge in [-0.1, -0.05) is 30.3 Å². The zero-order valence-corrected chi connectivity index (χ0v) is 15.7. The van der Waals surface area contributed by atoms with Crippen molar-refractivity contribution in [1.29, 1.82) is 0 Å². The Hall–Kier alpha value is -2.73. The Balaban J connectivity index is 2.30. The third kappa shape index (κ3) is 3.91. The number of carbonyl (C=O) groups is 1. The molecule has 0 aromatic heterocycles. The van der Waals surface area contributed by atoms with E-state index in [1.54, 1.807) is 26.1 Å². The van der Waals surface area contributed by atoms with Crippen molar-refractivity contribution in [2.24, 2.45) is 0 Å². The number of aliphatic hydroxyl groups is 1. The monoisotopic (exact) mass is 359 g/mol. The molecule has 0 aliphatic heterocycles. The van der Waals surface area contributed by atoms with Crippen molar-refractivity contribution in [1.82, 2.24) is 4.90 Å². The van der Waals surface area contributed by atoms with E-state index in [-0.39, 0.29) is 5.91 Å². The van der Waals surface area contributed by atoms with Gasteiger partial charge in [-0.25, -0.2) is 0 Å². The van der Waals surface area contributed by atoms with Crippen LogP contribution in [-0.2, 0) is 0 Å². The molecule has 2 aromatic rings. The van der Waals surface area contributed by atoms with Gasteiger partial charge in [-0.2, -0.15) is 0 Å². The summed E-state index contributed by atoms with van der Waals surface area (Å²) in [4.78, 5) is 14.4. The summed E-state index contributed by atoms with van der Waals surface area (Å²) in [5, 5.41) is 10.6. The van der Waals surface area contributed by atoms with Gasteiger partial charge in [0, 0.05) is 12.6 Å². The number of aliphatic hydroxyl groups excluding tert-OH is 1. The molecule has 2 rings (SSSR count). The molecule has 6 nitrogen and oxygen atoms in total. The quantitative estimate of drug-likeness (QED) is 0.823. The number of hydrogen-bond donors (Lipinski definition) is 1. The van der Waals surface area contributed by atoms with Crippen LogP contribution in [0.2, 0.25) is 0 Å². The molecule has 140 valence electrons. The van der Waals surface area contributed by atoms with Crippen molar-refractivity contribution in [3.63, 3.8) is 0 Å². The van der Waals surface area contributed by atoms with Crippen molar-refractivity contribution in [3.8, 4) is 17.2 Å². The smallest absolute Gasteiger partial charge is 0.254 e. The lowest BCUT2D eigenvalue weighted by atomic mass is 10.0. The first-order chi connectivity index (χ1) is 12.4. The highest BCUT2D eigenvalue weighted by molar-refractivity contribution is 5.95. The van der Waals surface area contributed by atoms with Gasteiger partial charge in [0.15, 0.2) is 11.5 Å². The van der Waals surface area contributed by atoms with E-state index in [2.05, 4.69) is 0 Å². The van der Waals surface area contributed by atoms with Crippen molar-refractivity contribution in [2.75, 3.05) is 28.4 Å². The SMILES string of the molecule is COc1cc(C(=O)N(C)C(C)C(O)c2ccccc2)cc(OC)c1OC. The summed E-state index contributed by atoms with van der Waals surface area (Å²) in [5.41, 5.74) is 1.14. The average molecular weight is 359 g/mol. The van der Waals surface area contributed by atoms with Crippen LogP contribution in [0.5, 0.6) is 17.2 Å².